The number of methoxy groups -OCH3 is 1. The maximum Gasteiger partial charge on any atom is 0.302 e. The number of carbonyl (C=O) groups excluding carboxylic acids is 3. The van der Waals surface area contributed by atoms with Crippen molar-refractivity contribution >= 4 is 23.5 Å². The molecule has 2 N–H and O–H groups in total. The van der Waals surface area contributed by atoms with Crippen LogP contribution in [0.25, 0.3) is 11.1 Å². The average Bonchev–Trinajstić information content (AvgIpc) is 3.13. The van der Waals surface area contributed by atoms with Crippen LogP contribution in [0, 0.1) is 0 Å². The molecule has 34 heavy (non-hydrogen) atoms. The molecule has 0 aliphatic heterocycles. The van der Waals surface area contributed by atoms with E-state index in [0.717, 1.165) is 28.7 Å². The van der Waals surface area contributed by atoms with Gasteiger partial charge in [0.1, 0.15) is 6.61 Å². The van der Waals surface area contributed by atoms with Gasteiger partial charge in [-0.25, -0.2) is 0 Å². The Hall–Kier alpha value is -3.23. The molecule has 0 spiro atoms. The molecule has 1 aliphatic rings. The van der Waals surface area contributed by atoms with Gasteiger partial charge in [-0.2, -0.15) is 0 Å². The quantitative estimate of drug-likeness (QED) is 0.365. The van der Waals surface area contributed by atoms with Gasteiger partial charge >= 0.3 is 5.97 Å². The highest BCUT2D eigenvalue weighted by Crippen LogP contribution is 2.46. The number of rotatable bonds is 12. The highest BCUT2D eigenvalue weighted by Gasteiger charge is 2.31. The van der Waals surface area contributed by atoms with Gasteiger partial charge in [-0.1, -0.05) is 19.1 Å². The van der Waals surface area contributed by atoms with Crippen molar-refractivity contribution in [3.8, 4) is 11.1 Å². The van der Waals surface area contributed by atoms with Crippen LogP contribution in [-0.2, 0) is 23.8 Å². The molecule has 3 rings (SSSR count). The van der Waals surface area contributed by atoms with E-state index in [4.69, 9.17) is 14.2 Å². The van der Waals surface area contributed by atoms with Gasteiger partial charge in [-0.15, -0.1) is 0 Å². The number of benzene rings is 2. The maximum absolute atomic E-state index is 12.7. The summed E-state index contributed by atoms with van der Waals surface area (Å²) >= 11 is 0. The summed E-state index contributed by atoms with van der Waals surface area (Å²) in [6.07, 6.45) is 1.19. The summed E-state index contributed by atoms with van der Waals surface area (Å²) in [6, 6.07) is 11.3. The lowest BCUT2D eigenvalue weighted by Crippen LogP contribution is -2.27. The van der Waals surface area contributed by atoms with E-state index in [1.807, 2.05) is 30.3 Å². The van der Waals surface area contributed by atoms with Gasteiger partial charge in [0.25, 0.3) is 5.91 Å². The third kappa shape index (κ3) is 6.42. The fourth-order valence-electron chi connectivity index (χ4n) is 3.95. The van der Waals surface area contributed by atoms with Crippen molar-refractivity contribution in [2.45, 2.75) is 32.6 Å². The SMILES string of the molecule is CCC(=O)Nc1ccc2c(c1)C(COC(C)=O)c1cc(C(=O)NCCOCCCOC)ccc1-2. The largest absolute Gasteiger partial charge is 0.465 e. The summed E-state index contributed by atoms with van der Waals surface area (Å²) in [4.78, 5) is 36.1. The minimum atomic E-state index is -0.371. The summed E-state index contributed by atoms with van der Waals surface area (Å²) in [5.41, 5.74) is 5.07. The first kappa shape index (κ1) is 25.4. The van der Waals surface area contributed by atoms with Crippen LogP contribution in [-0.4, -0.2) is 57.9 Å². The zero-order chi connectivity index (χ0) is 24.5. The third-order valence-corrected chi connectivity index (χ3v) is 5.63. The number of hydrogen-bond donors (Lipinski definition) is 2. The summed E-state index contributed by atoms with van der Waals surface area (Å²) in [5.74, 6) is -0.871. The maximum atomic E-state index is 12.7. The summed E-state index contributed by atoms with van der Waals surface area (Å²) in [7, 11) is 1.65. The van der Waals surface area contributed by atoms with Gasteiger partial charge in [0.2, 0.25) is 5.91 Å². The Labute approximate surface area is 200 Å². The van der Waals surface area contributed by atoms with E-state index >= 15 is 0 Å². The number of amides is 2. The summed E-state index contributed by atoms with van der Waals surface area (Å²) < 4.78 is 15.8. The zero-order valence-electron chi connectivity index (χ0n) is 19.9. The highest BCUT2D eigenvalue weighted by atomic mass is 16.5. The molecule has 0 fully saturated rings. The van der Waals surface area contributed by atoms with E-state index in [1.165, 1.54) is 6.92 Å². The van der Waals surface area contributed by atoms with E-state index in [1.54, 1.807) is 20.1 Å². The lowest BCUT2D eigenvalue weighted by atomic mass is 9.96. The molecule has 1 unspecified atom stereocenters. The Kier molecular flexibility index (Phi) is 9.18. The standard InChI is InChI=1S/C26H32N2O6/c1-4-25(30)28-19-7-9-21-20-8-6-18(26(31)27-10-13-33-12-5-11-32-3)14-22(20)24(23(21)15-19)16-34-17(2)29/h6-9,14-15,24H,4-5,10-13,16H2,1-3H3,(H,27,31)(H,28,30). The van der Waals surface area contributed by atoms with Crippen molar-refractivity contribution in [1.82, 2.24) is 5.32 Å². The van der Waals surface area contributed by atoms with Crippen LogP contribution in [0.3, 0.4) is 0 Å². The molecule has 0 radical (unpaired) electrons. The van der Waals surface area contributed by atoms with Crippen molar-refractivity contribution in [1.29, 1.82) is 0 Å². The van der Waals surface area contributed by atoms with Gasteiger partial charge in [0.15, 0.2) is 0 Å². The van der Waals surface area contributed by atoms with Gasteiger partial charge in [0, 0.05) is 57.4 Å². The summed E-state index contributed by atoms with van der Waals surface area (Å²) in [5, 5.41) is 5.75. The number of ether oxygens (including phenoxy) is 3. The van der Waals surface area contributed by atoms with Crippen molar-refractivity contribution in [3.63, 3.8) is 0 Å². The van der Waals surface area contributed by atoms with Gasteiger partial charge in [0.05, 0.1) is 6.61 Å². The van der Waals surface area contributed by atoms with E-state index < -0.39 is 0 Å². The Morgan fingerprint density at radius 1 is 0.971 bits per heavy atom. The number of fused-ring (bicyclic) bond motifs is 3. The van der Waals surface area contributed by atoms with Gasteiger partial charge < -0.3 is 24.8 Å². The van der Waals surface area contributed by atoms with Crippen LogP contribution in [0.2, 0.25) is 0 Å². The Morgan fingerprint density at radius 2 is 1.71 bits per heavy atom. The Morgan fingerprint density at radius 3 is 2.41 bits per heavy atom. The number of hydrogen-bond acceptors (Lipinski definition) is 6. The second-order valence-electron chi connectivity index (χ2n) is 8.08. The van der Waals surface area contributed by atoms with Gasteiger partial charge in [-0.3, -0.25) is 14.4 Å². The molecular formula is C26H32N2O6. The molecule has 8 heteroatoms. The van der Waals surface area contributed by atoms with Crippen LogP contribution in [0.5, 0.6) is 0 Å². The number of carbonyl (C=O) groups is 3. The number of nitrogens with one attached hydrogen (secondary N) is 2. The molecule has 8 nitrogen and oxygen atoms in total. The molecule has 0 heterocycles. The minimum Gasteiger partial charge on any atom is -0.465 e. The molecule has 1 atom stereocenters. The molecule has 1 aliphatic carbocycles. The molecular weight excluding hydrogens is 436 g/mol. The Balaban J connectivity index is 1.75. The topological polar surface area (TPSA) is 103 Å². The molecule has 0 bridgehead atoms. The predicted molar refractivity (Wildman–Crippen MR) is 129 cm³/mol. The van der Waals surface area contributed by atoms with Crippen LogP contribution >= 0.6 is 0 Å². The highest BCUT2D eigenvalue weighted by molar-refractivity contribution is 5.96. The second kappa shape index (κ2) is 12.3. The fourth-order valence-corrected chi connectivity index (χ4v) is 3.95. The molecule has 182 valence electrons. The lowest BCUT2D eigenvalue weighted by Gasteiger charge is -2.15. The van der Waals surface area contributed by atoms with E-state index in [-0.39, 0.29) is 30.3 Å². The molecule has 2 aromatic rings. The molecule has 0 saturated heterocycles. The minimum absolute atomic E-state index is 0.0753. The predicted octanol–water partition coefficient (Wildman–Crippen LogP) is 3.49. The molecule has 2 amide bonds. The first-order valence-corrected chi connectivity index (χ1v) is 11.5. The summed E-state index contributed by atoms with van der Waals surface area (Å²) in [6.45, 7) is 5.37. The van der Waals surface area contributed by atoms with Crippen LogP contribution in [0.1, 0.15) is 54.1 Å². The van der Waals surface area contributed by atoms with Crippen LogP contribution in [0.4, 0.5) is 5.69 Å². The van der Waals surface area contributed by atoms with Crippen LogP contribution in [0.15, 0.2) is 36.4 Å². The van der Waals surface area contributed by atoms with E-state index in [0.29, 0.717) is 44.0 Å². The van der Waals surface area contributed by atoms with Crippen molar-refractivity contribution in [3.05, 3.63) is 53.1 Å². The lowest BCUT2D eigenvalue weighted by molar-refractivity contribution is -0.141. The monoisotopic (exact) mass is 468 g/mol. The zero-order valence-corrected chi connectivity index (χ0v) is 19.9. The first-order chi connectivity index (χ1) is 16.4. The van der Waals surface area contributed by atoms with Gasteiger partial charge in [-0.05, 0) is 52.9 Å². The van der Waals surface area contributed by atoms with E-state index in [9.17, 15) is 14.4 Å². The van der Waals surface area contributed by atoms with Crippen LogP contribution < -0.4 is 10.6 Å². The average molecular weight is 469 g/mol. The first-order valence-electron chi connectivity index (χ1n) is 11.5. The number of anilines is 1. The Bertz CT molecular complexity index is 1040. The molecule has 2 aromatic carbocycles. The van der Waals surface area contributed by atoms with Crippen molar-refractivity contribution < 1.29 is 28.6 Å². The molecule has 0 aromatic heterocycles. The van der Waals surface area contributed by atoms with E-state index in [2.05, 4.69) is 10.6 Å². The normalized spacial score (nSPS) is 13.7. The van der Waals surface area contributed by atoms with Crippen molar-refractivity contribution in [2.24, 2.45) is 0 Å². The third-order valence-electron chi connectivity index (χ3n) is 5.63. The fraction of sp³-hybridized carbons (Fsp3) is 0.423. The number of esters is 1. The molecule has 0 saturated carbocycles. The second-order valence-corrected chi connectivity index (χ2v) is 8.08. The van der Waals surface area contributed by atoms with Crippen molar-refractivity contribution in [2.75, 3.05) is 45.4 Å². The smallest absolute Gasteiger partial charge is 0.302 e.